The first kappa shape index (κ1) is 24.0. The predicted molar refractivity (Wildman–Crippen MR) is 146 cm³/mol. The number of fused-ring (bicyclic) bond motifs is 1. The molecule has 0 spiro atoms. The third kappa shape index (κ3) is 5.12. The molecule has 3 aromatic rings. The summed E-state index contributed by atoms with van der Waals surface area (Å²) in [6.45, 7) is 5.24. The lowest BCUT2D eigenvalue weighted by Crippen LogP contribution is -2.35. The molecule has 3 heterocycles. The number of thiophene rings is 1. The van der Waals surface area contributed by atoms with Crippen molar-refractivity contribution in [3.8, 4) is 11.5 Å². The Morgan fingerprint density at radius 1 is 1.03 bits per heavy atom. The summed E-state index contributed by atoms with van der Waals surface area (Å²) in [5, 5.41) is 17.6. The van der Waals surface area contributed by atoms with Gasteiger partial charge in [-0.2, -0.15) is 15.1 Å². The van der Waals surface area contributed by atoms with E-state index in [4.69, 9.17) is 14.9 Å². The average Bonchev–Trinajstić information content (AvgIpc) is 3.55. The molecule has 0 radical (unpaired) electrons. The van der Waals surface area contributed by atoms with E-state index in [0.29, 0.717) is 18.4 Å². The third-order valence-corrected chi connectivity index (χ3v) is 7.69. The summed E-state index contributed by atoms with van der Waals surface area (Å²) in [5.41, 5.74) is 3.36. The number of hydrogen-bond acceptors (Lipinski definition) is 7. The second kappa shape index (κ2) is 10.5. The summed E-state index contributed by atoms with van der Waals surface area (Å²) in [7, 11) is 0. The van der Waals surface area contributed by atoms with Crippen LogP contribution in [-0.4, -0.2) is 40.2 Å². The molecule has 0 unspecified atom stereocenters. The van der Waals surface area contributed by atoms with Crippen molar-refractivity contribution in [1.29, 1.82) is 5.41 Å². The van der Waals surface area contributed by atoms with Crippen LogP contribution in [0.25, 0.3) is 6.08 Å². The van der Waals surface area contributed by atoms with Crippen molar-refractivity contribution in [2.75, 3.05) is 13.2 Å². The maximum Gasteiger partial charge on any atom is 0.283 e. The number of ether oxygens (including phenoxy) is 2. The number of amidine groups is 2. The fourth-order valence-corrected chi connectivity index (χ4v) is 5.31. The normalized spacial score (nSPS) is 16.2. The fraction of sp³-hybridized carbons (Fsp3) is 0.185. The lowest BCUT2D eigenvalue weighted by Gasteiger charge is -2.20. The smallest absolute Gasteiger partial charge is 0.283 e. The van der Waals surface area contributed by atoms with Gasteiger partial charge in [0.15, 0.2) is 5.84 Å². The van der Waals surface area contributed by atoms with Gasteiger partial charge in [-0.05, 0) is 78.0 Å². The van der Waals surface area contributed by atoms with E-state index >= 15 is 0 Å². The highest BCUT2D eigenvalue weighted by molar-refractivity contribution is 8.27. The minimum absolute atomic E-state index is 0.0215. The van der Waals surface area contributed by atoms with Crippen LogP contribution in [0.1, 0.15) is 28.0 Å². The van der Waals surface area contributed by atoms with Gasteiger partial charge in [0.05, 0.1) is 23.7 Å². The second-order valence-electron chi connectivity index (χ2n) is 8.22. The molecule has 0 bridgehead atoms. The number of rotatable bonds is 8. The third-order valence-electron chi connectivity index (χ3n) is 5.75. The van der Waals surface area contributed by atoms with Gasteiger partial charge < -0.3 is 9.47 Å². The molecule has 182 valence electrons. The number of benzene rings is 2. The number of carbonyl (C=O) groups is 1. The summed E-state index contributed by atoms with van der Waals surface area (Å²) < 4.78 is 11.7. The van der Waals surface area contributed by atoms with Gasteiger partial charge in [-0.3, -0.25) is 10.2 Å². The Labute approximate surface area is 217 Å². The monoisotopic (exact) mass is 516 g/mol. The average molecular weight is 517 g/mol. The Hall–Kier alpha value is -3.69. The molecule has 36 heavy (non-hydrogen) atoms. The maximum atomic E-state index is 12.6. The van der Waals surface area contributed by atoms with Crippen LogP contribution in [0.2, 0.25) is 0 Å². The maximum absolute atomic E-state index is 12.6. The molecule has 9 heteroatoms. The Morgan fingerprint density at radius 2 is 1.83 bits per heavy atom. The Balaban J connectivity index is 1.17. The lowest BCUT2D eigenvalue weighted by molar-refractivity contribution is -0.114. The summed E-state index contributed by atoms with van der Waals surface area (Å²) >= 11 is 2.86. The number of nitrogens with one attached hydrogen (secondary N) is 1. The number of thioether (sulfide) groups is 1. The first-order chi connectivity index (χ1) is 17.5. The van der Waals surface area contributed by atoms with Gasteiger partial charge in [-0.25, -0.2) is 0 Å². The van der Waals surface area contributed by atoms with Gasteiger partial charge in [0.1, 0.15) is 16.5 Å². The number of amides is 1. The van der Waals surface area contributed by atoms with Crippen LogP contribution in [0.4, 0.5) is 0 Å². The van der Waals surface area contributed by atoms with Gasteiger partial charge in [0, 0.05) is 6.42 Å². The standard InChI is InChI=1S/C27H24N4O3S2/c1-17-6-3-7-22(18(17)2)34-14-5-13-33-20-11-9-19(10-12-20)16-21-24(28)31-27(29-25(21)32)36-26(30-31)23-8-4-15-35-23/h3-4,6-12,15-16,28H,5,13-14H2,1-2H3/b21-16-,28-24?. The predicted octanol–water partition coefficient (Wildman–Crippen LogP) is 5.88. The zero-order valence-electron chi connectivity index (χ0n) is 19.9. The zero-order valence-corrected chi connectivity index (χ0v) is 21.5. The van der Waals surface area contributed by atoms with Gasteiger partial charge in [-0.15, -0.1) is 11.3 Å². The van der Waals surface area contributed by atoms with Crippen LogP contribution in [0.3, 0.4) is 0 Å². The van der Waals surface area contributed by atoms with E-state index in [1.807, 2.05) is 53.9 Å². The number of hydrazone groups is 1. The first-order valence-electron chi connectivity index (χ1n) is 11.5. The molecule has 2 aromatic carbocycles. The number of nitrogens with zero attached hydrogens (tertiary/aromatic N) is 3. The van der Waals surface area contributed by atoms with Crippen LogP contribution in [-0.2, 0) is 4.79 Å². The van der Waals surface area contributed by atoms with Crippen LogP contribution >= 0.6 is 23.1 Å². The molecule has 0 fully saturated rings. The Morgan fingerprint density at radius 3 is 2.61 bits per heavy atom. The Bertz CT molecular complexity index is 1390. The molecule has 1 N–H and O–H groups in total. The van der Waals surface area contributed by atoms with Crippen molar-refractivity contribution in [2.45, 2.75) is 20.3 Å². The molecule has 1 aromatic heterocycles. The molecule has 2 aliphatic rings. The summed E-state index contributed by atoms with van der Waals surface area (Å²) in [6.07, 6.45) is 2.42. The van der Waals surface area contributed by atoms with Crippen molar-refractivity contribution in [3.63, 3.8) is 0 Å². The van der Waals surface area contributed by atoms with E-state index in [9.17, 15) is 4.79 Å². The molecule has 2 aliphatic heterocycles. The van der Waals surface area contributed by atoms with Crippen molar-refractivity contribution >= 4 is 51.1 Å². The topological polar surface area (TPSA) is 87.3 Å². The number of aliphatic imine (C=N–C) groups is 1. The molecule has 1 amide bonds. The quantitative estimate of drug-likeness (QED) is 0.298. The number of hydrogen-bond donors (Lipinski definition) is 1. The van der Waals surface area contributed by atoms with E-state index in [1.54, 1.807) is 17.4 Å². The van der Waals surface area contributed by atoms with Crippen LogP contribution in [0.15, 0.2) is 75.6 Å². The Kier molecular flexibility index (Phi) is 7.02. The highest BCUT2D eigenvalue weighted by Gasteiger charge is 2.36. The minimum atomic E-state index is -0.439. The van der Waals surface area contributed by atoms with Gasteiger partial charge in [0.2, 0.25) is 5.17 Å². The van der Waals surface area contributed by atoms with E-state index in [-0.39, 0.29) is 11.4 Å². The zero-order chi connectivity index (χ0) is 25.1. The molecule has 7 nitrogen and oxygen atoms in total. The van der Waals surface area contributed by atoms with Crippen LogP contribution in [0, 0.1) is 19.3 Å². The van der Waals surface area contributed by atoms with Crippen molar-refractivity contribution in [2.24, 2.45) is 10.1 Å². The summed E-state index contributed by atoms with van der Waals surface area (Å²) in [4.78, 5) is 17.8. The molecule has 0 atom stereocenters. The van der Waals surface area contributed by atoms with Crippen LogP contribution in [0.5, 0.6) is 11.5 Å². The SMILES string of the molecule is Cc1cccc(OCCCOc2ccc(/C=C3/C(=N)N4N=C(c5cccs5)SC4=NC3=O)cc2)c1C. The van der Waals surface area contributed by atoms with E-state index in [1.165, 1.54) is 22.3 Å². The largest absolute Gasteiger partial charge is 0.493 e. The molecular formula is C27H24N4O3S2. The molecule has 0 saturated heterocycles. The molecule has 0 aliphatic carbocycles. The van der Waals surface area contributed by atoms with E-state index in [2.05, 4.69) is 30.0 Å². The first-order valence-corrected chi connectivity index (χ1v) is 13.2. The highest BCUT2D eigenvalue weighted by atomic mass is 32.2. The van der Waals surface area contributed by atoms with E-state index in [0.717, 1.165) is 39.0 Å². The van der Waals surface area contributed by atoms with Gasteiger partial charge in [-0.1, -0.05) is 30.3 Å². The van der Waals surface area contributed by atoms with Crippen molar-refractivity contribution < 1.29 is 14.3 Å². The second-order valence-corrected chi connectivity index (χ2v) is 10.1. The van der Waals surface area contributed by atoms with Crippen molar-refractivity contribution in [1.82, 2.24) is 5.01 Å². The number of aryl methyl sites for hydroxylation is 1. The summed E-state index contributed by atoms with van der Waals surface area (Å²) in [6, 6.07) is 17.4. The highest BCUT2D eigenvalue weighted by Crippen LogP contribution is 2.32. The molecule has 5 rings (SSSR count). The molecular weight excluding hydrogens is 492 g/mol. The van der Waals surface area contributed by atoms with Gasteiger partial charge in [0.25, 0.3) is 5.91 Å². The summed E-state index contributed by atoms with van der Waals surface area (Å²) in [5.74, 6) is 1.22. The van der Waals surface area contributed by atoms with Crippen molar-refractivity contribution in [3.05, 3.63) is 87.1 Å². The molecule has 0 saturated carbocycles. The van der Waals surface area contributed by atoms with Crippen LogP contribution < -0.4 is 9.47 Å². The number of carbonyl (C=O) groups excluding carboxylic acids is 1. The lowest BCUT2D eigenvalue weighted by atomic mass is 10.1. The fourth-order valence-electron chi connectivity index (χ4n) is 3.63. The van der Waals surface area contributed by atoms with Gasteiger partial charge >= 0.3 is 0 Å². The minimum Gasteiger partial charge on any atom is -0.493 e. The van der Waals surface area contributed by atoms with E-state index < -0.39 is 5.91 Å².